The van der Waals surface area contributed by atoms with Gasteiger partial charge in [0.15, 0.2) is 0 Å². The molecule has 2 amide bonds. The Morgan fingerprint density at radius 2 is 2.04 bits per heavy atom. The summed E-state index contributed by atoms with van der Waals surface area (Å²) in [6.45, 7) is 2.25. The third-order valence-corrected chi connectivity index (χ3v) is 4.20. The largest absolute Gasteiger partial charge is 0.416 e. The van der Waals surface area contributed by atoms with E-state index in [9.17, 15) is 22.8 Å². The molecule has 0 aromatic heterocycles. The van der Waals surface area contributed by atoms with Gasteiger partial charge in [-0.2, -0.15) is 13.2 Å². The second kappa shape index (κ2) is 6.80. The van der Waals surface area contributed by atoms with Crippen molar-refractivity contribution in [2.24, 2.45) is 5.73 Å². The summed E-state index contributed by atoms with van der Waals surface area (Å²) >= 11 is 0. The Morgan fingerprint density at radius 3 is 2.54 bits per heavy atom. The second-order valence-corrected chi connectivity index (χ2v) is 5.92. The molecule has 1 aromatic carbocycles. The summed E-state index contributed by atoms with van der Waals surface area (Å²) in [5.41, 5.74) is 4.55. The fourth-order valence-corrected chi connectivity index (χ4v) is 2.54. The summed E-state index contributed by atoms with van der Waals surface area (Å²) in [6, 6.07) is 2.74. The highest BCUT2D eigenvalue weighted by atomic mass is 19.4. The van der Waals surface area contributed by atoms with Crippen molar-refractivity contribution >= 4 is 17.5 Å². The molecule has 0 radical (unpaired) electrons. The highest BCUT2D eigenvalue weighted by molar-refractivity contribution is 5.99. The number of hydrogen-bond donors (Lipinski definition) is 1. The maximum atomic E-state index is 13.2. The minimum Gasteiger partial charge on any atom is -0.338 e. The number of likely N-dealkylation sites (N-methyl/N-ethyl adjacent to an activating group) is 1. The van der Waals surface area contributed by atoms with E-state index in [-0.39, 0.29) is 29.7 Å². The van der Waals surface area contributed by atoms with E-state index >= 15 is 0 Å². The van der Waals surface area contributed by atoms with Crippen LogP contribution in [0.4, 0.5) is 18.9 Å². The van der Waals surface area contributed by atoms with Crippen LogP contribution in [-0.4, -0.2) is 42.9 Å². The molecular formula is C16H20F3N3O2. The second-order valence-electron chi connectivity index (χ2n) is 5.92. The normalized spacial score (nSPS) is 16.4. The first-order valence-corrected chi connectivity index (χ1v) is 7.65. The number of carbonyl (C=O) groups is 2. The molecule has 5 nitrogen and oxygen atoms in total. The van der Waals surface area contributed by atoms with Crippen molar-refractivity contribution in [2.75, 3.05) is 25.0 Å². The molecule has 1 aromatic rings. The summed E-state index contributed by atoms with van der Waals surface area (Å²) in [6.07, 6.45) is -3.72. The van der Waals surface area contributed by atoms with Crippen LogP contribution in [0.2, 0.25) is 0 Å². The maximum absolute atomic E-state index is 13.2. The van der Waals surface area contributed by atoms with Gasteiger partial charge in [0.25, 0.3) is 5.91 Å². The Bertz CT molecular complexity index is 646. The van der Waals surface area contributed by atoms with Crippen LogP contribution in [-0.2, 0) is 11.0 Å². The average Bonchev–Trinajstić information content (AvgIpc) is 2.97. The van der Waals surface area contributed by atoms with E-state index in [1.165, 1.54) is 22.9 Å². The van der Waals surface area contributed by atoms with E-state index in [0.29, 0.717) is 19.4 Å². The lowest BCUT2D eigenvalue weighted by Crippen LogP contribution is -2.39. The topological polar surface area (TPSA) is 66.6 Å². The van der Waals surface area contributed by atoms with Crippen LogP contribution in [0, 0.1) is 0 Å². The van der Waals surface area contributed by atoms with E-state index in [1.54, 1.807) is 6.92 Å². The number of hydrogen-bond acceptors (Lipinski definition) is 3. The van der Waals surface area contributed by atoms with Gasteiger partial charge in [-0.1, -0.05) is 0 Å². The molecule has 132 valence electrons. The first-order valence-electron chi connectivity index (χ1n) is 7.65. The smallest absolute Gasteiger partial charge is 0.338 e. The summed E-state index contributed by atoms with van der Waals surface area (Å²) in [5.74, 6) is -0.802. The number of carbonyl (C=O) groups excluding carboxylic acids is 2. The molecule has 1 aliphatic rings. The SMILES string of the molecule is CC(CN)N(C)C(=O)c1cc(N2CCCC2=O)cc(C(F)(F)F)c1. The molecule has 0 spiro atoms. The maximum Gasteiger partial charge on any atom is 0.416 e. The number of benzene rings is 1. The Balaban J connectivity index is 2.47. The van der Waals surface area contributed by atoms with Gasteiger partial charge in [0.05, 0.1) is 5.56 Å². The lowest BCUT2D eigenvalue weighted by molar-refractivity contribution is -0.137. The van der Waals surface area contributed by atoms with Gasteiger partial charge < -0.3 is 15.5 Å². The molecule has 8 heteroatoms. The molecular weight excluding hydrogens is 323 g/mol. The molecule has 1 saturated heterocycles. The quantitative estimate of drug-likeness (QED) is 0.912. The van der Waals surface area contributed by atoms with Crippen LogP contribution in [0.15, 0.2) is 18.2 Å². The number of anilines is 1. The number of nitrogens with zero attached hydrogens (tertiary/aromatic N) is 2. The van der Waals surface area contributed by atoms with Gasteiger partial charge in [-0.05, 0) is 31.5 Å². The van der Waals surface area contributed by atoms with Crippen molar-refractivity contribution in [1.82, 2.24) is 4.90 Å². The number of nitrogens with two attached hydrogens (primary N) is 1. The predicted octanol–water partition coefficient (Wildman–Crippen LogP) is 2.25. The molecule has 1 unspecified atom stereocenters. The van der Waals surface area contributed by atoms with Crippen LogP contribution in [0.3, 0.4) is 0 Å². The van der Waals surface area contributed by atoms with Crippen LogP contribution < -0.4 is 10.6 Å². The van der Waals surface area contributed by atoms with E-state index < -0.39 is 17.6 Å². The van der Waals surface area contributed by atoms with Gasteiger partial charge >= 0.3 is 6.18 Å². The van der Waals surface area contributed by atoms with E-state index in [1.807, 2.05) is 0 Å². The number of halogens is 3. The molecule has 0 saturated carbocycles. The lowest BCUT2D eigenvalue weighted by Gasteiger charge is -2.25. The molecule has 24 heavy (non-hydrogen) atoms. The van der Waals surface area contributed by atoms with Crippen molar-refractivity contribution < 1.29 is 22.8 Å². The Morgan fingerprint density at radius 1 is 1.38 bits per heavy atom. The Labute approximate surface area is 138 Å². The molecule has 1 fully saturated rings. The zero-order chi connectivity index (χ0) is 18.1. The molecule has 0 bridgehead atoms. The van der Waals surface area contributed by atoms with Crippen molar-refractivity contribution in [2.45, 2.75) is 32.0 Å². The van der Waals surface area contributed by atoms with Gasteiger partial charge in [-0.25, -0.2) is 0 Å². The van der Waals surface area contributed by atoms with Crippen molar-refractivity contribution in [3.05, 3.63) is 29.3 Å². The van der Waals surface area contributed by atoms with Crippen molar-refractivity contribution in [1.29, 1.82) is 0 Å². The van der Waals surface area contributed by atoms with Crippen LogP contribution in [0.25, 0.3) is 0 Å². The number of alkyl halides is 3. The highest BCUT2D eigenvalue weighted by Crippen LogP contribution is 2.34. The monoisotopic (exact) mass is 343 g/mol. The van der Waals surface area contributed by atoms with Gasteiger partial charge in [0.2, 0.25) is 5.91 Å². The minimum atomic E-state index is -4.61. The molecule has 1 heterocycles. The summed E-state index contributed by atoms with van der Waals surface area (Å²) in [5, 5.41) is 0. The zero-order valence-corrected chi connectivity index (χ0v) is 13.6. The van der Waals surface area contributed by atoms with E-state index in [2.05, 4.69) is 0 Å². The average molecular weight is 343 g/mol. The standard InChI is InChI=1S/C16H20F3N3O2/c1-10(9-20)21(2)15(24)11-6-12(16(17,18)19)8-13(7-11)22-5-3-4-14(22)23/h6-8,10H,3-5,9,20H2,1-2H3. The fourth-order valence-electron chi connectivity index (χ4n) is 2.54. The molecule has 1 atom stereocenters. The summed E-state index contributed by atoms with van der Waals surface area (Å²) in [7, 11) is 1.49. The van der Waals surface area contributed by atoms with Gasteiger partial charge in [-0.3, -0.25) is 9.59 Å². The third kappa shape index (κ3) is 3.69. The predicted molar refractivity (Wildman–Crippen MR) is 83.6 cm³/mol. The molecule has 2 rings (SSSR count). The van der Waals surface area contributed by atoms with Crippen LogP contribution in [0.1, 0.15) is 35.7 Å². The van der Waals surface area contributed by atoms with E-state index in [0.717, 1.165) is 12.1 Å². The first kappa shape index (κ1) is 18.3. The van der Waals surface area contributed by atoms with Crippen molar-refractivity contribution in [3.63, 3.8) is 0 Å². The first-order chi connectivity index (χ1) is 11.1. The van der Waals surface area contributed by atoms with E-state index in [4.69, 9.17) is 5.73 Å². The van der Waals surface area contributed by atoms with Crippen LogP contribution >= 0.6 is 0 Å². The number of rotatable bonds is 4. The van der Waals surface area contributed by atoms with Gasteiger partial charge in [-0.15, -0.1) is 0 Å². The zero-order valence-electron chi connectivity index (χ0n) is 13.6. The summed E-state index contributed by atoms with van der Waals surface area (Å²) in [4.78, 5) is 26.9. The minimum absolute atomic E-state index is 0.101. The lowest BCUT2D eigenvalue weighted by atomic mass is 10.1. The Hall–Kier alpha value is -2.09. The molecule has 1 aliphatic heterocycles. The molecule has 2 N–H and O–H groups in total. The Kier molecular flexibility index (Phi) is 5.17. The highest BCUT2D eigenvalue weighted by Gasteiger charge is 2.34. The van der Waals surface area contributed by atoms with Crippen molar-refractivity contribution in [3.8, 4) is 0 Å². The third-order valence-electron chi connectivity index (χ3n) is 4.20. The number of amides is 2. The summed E-state index contributed by atoms with van der Waals surface area (Å²) < 4.78 is 39.5. The van der Waals surface area contributed by atoms with Gasteiger partial charge in [0.1, 0.15) is 0 Å². The van der Waals surface area contributed by atoms with Gasteiger partial charge in [0, 0.05) is 43.9 Å². The van der Waals surface area contributed by atoms with Crippen LogP contribution in [0.5, 0.6) is 0 Å². The molecule has 0 aliphatic carbocycles. The fraction of sp³-hybridized carbons (Fsp3) is 0.500.